The zero-order valence-electron chi connectivity index (χ0n) is 22.1. The molecule has 3 fully saturated rings. The third kappa shape index (κ3) is 6.11. The number of aliphatic carboxylic acids is 1. The number of aromatic nitrogens is 1. The number of hydrogen-bond acceptors (Lipinski definition) is 6. The van der Waals surface area contributed by atoms with Crippen molar-refractivity contribution in [2.45, 2.75) is 50.6 Å². The molecule has 2 aromatic rings. The van der Waals surface area contributed by atoms with Gasteiger partial charge in [0.05, 0.1) is 22.4 Å². The molecule has 3 aliphatic rings. The number of rotatable bonds is 5. The highest BCUT2D eigenvalue weighted by molar-refractivity contribution is 7.09. The van der Waals surface area contributed by atoms with Gasteiger partial charge in [0, 0.05) is 56.3 Å². The van der Waals surface area contributed by atoms with E-state index in [1.54, 1.807) is 21.2 Å². The van der Waals surface area contributed by atoms with E-state index in [4.69, 9.17) is 0 Å². The van der Waals surface area contributed by atoms with Crippen molar-refractivity contribution in [3.8, 4) is 0 Å². The first-order valence-electron chi connectivity index (χ1n) is 13.8. The highest BCUT2D eigenvalue weighted by Crippen LogP contribution is 2.36. The van der Waals surface area contributed by atoms with Gasteiger partial charge in [-0.1, -0.05) is 18.9 Å². The van der Waals surface area contributed by atoms with Crippen molar-refractivity contribution >= 4 is 34.8 Å². The molecule has 2 amide bonds. The molecule has 2 atom stereocenters. The molecule has 1 aliphatic carbocycles. The molecule has 2 aliphatic heterocycles. The summed E-state index contributed by atoms with van der Waals surface area (Å²) in [5, 5.41) is 12.2. The molecular weight excluding hydrogens is 545 g/mol. The topological polar surface area (TPSA) is 94.0 Å². The van der Waals surface area contributed by atoms with Gasteiger partial charge in [-0.2, -0.15) is 13.2 Å². The molecule has 40 heavy (non-hydrogen) atoms. The number of thiazole rings is 1. The van der Waals surface area contributed by atoms with E-state index in [1.807, 2.05) is 4.90 Å². The van der Waals surface area contributed by atoms with E-state index in [9.17, 15) is 32.7 Å². The first kappa shape index (κ1) is 28.4. The Balaban J connectivity index is 1.13. The molecule has 2 unspecified atom stereocenters. The largest absolute Gasteiger partial charge is 0.481 e. The standard InChI is InChI=1S/C28H33F3N4O4S/c29-28(30,31)19-4-3-5-20(16-19)33-12-14-35(15-13-33)26(37)23-17-40-24(32-23)18-8-10-34(11-9-18)25(36)21-6-1-2-7-22(21)27(38)39/h3-5,16-18,21-22H,1-2,6-15H2,(H,38,39). The van der Waals surface area contributed by atoms with Crippen LogP contribution in [0.15, 0.2) is 29.6 Å². The number of carbonyl (C=O) groups excluding carboxylic acids is 2. The average Bonchev–Trinajstić information content (AvgIpc) is 3.47. The highest BCUT2D eigenvalue weighted by atomic mass is 32.1. The average molecular weight is 579 g/mol. The van der Waals surface area contributed by atoms with Gasteiger partial charge in [0.15, 0.2) is 0 Å². The number of carboxylic acid groups (broad SMARTS) is 1. The van der Waals surface area contributed by atoms with Crippen LogP contribution in [0, 0.1) is 11.8 Å². The normalized spacial score (nSPS) is 22.8. The number of piperidine rings is 1. The fourth-order valence-electron chi connectivity index (χ4n) is 6.09. The lowest BCUT2D eigenvalue weighted by atomic mass is 9.78. The lowest BCUT2D eigenvalue weighted by molar-refractivity contribution is -0.152. The Morgan fingerprint density at radius 1 is 0.900 bits per heavy atom. The summed E-state index contributed by atoms with van der Waals surface area (Å²) in [6, 6.07) is 5.24. The number of halogens is 3. The predicted molar refractivity (Wildman–Crippen MR) is 143 cm³/mol. The molecule has 216 valence electrons. The van der Waals surface area contributed by atoms with Gasteiger partial charge in [-0.3, -0.25) is 14.4 Å². The Hall–Kier alpha value is -3.15. The van der Waals surface area contributed by atoms with Gasteiger partial charge in [0.1, 0.15) is 5.69 Å². The molecule has 5 rings (SSSR count). The van der Waals surface area contributed by atoms with Gasteiger partial charge in [0.2, 0.25) is 5.91 Å². The monoisotopic (exact) mass is 578 g/mol. The van der Waals surface area contributed by atoms with Gasteiger partial charge in [0.25, 0.3) is 5.91 Å². The van der Waals surface area contributed by atoms with E-state index in [0.29, 0.717) is 76.3 Å². The molecule has 1 aromatic carbocycles. The number of alkyl halides is 3. The van der Waals surface area contributed by atoms with E-state index < -0.39 is 29.5 Å². The van der Waals surface area contributed by atoms with Crippen molar-refractivity contribution < 1.29 is 32.7 Å². The zero-order valence-corrected chi connectivity index (χ0v) is 22.9. The number of anilines is 1. The van der Waals surface area contributed by atoms with Gasteiger partial charge in [-0.25, -0.2) is 4.98 Å². The number of amides is 2. The highest BCUT2D eigenvalue weighted by Gasteiger charge is 2.39. The van der Waals surface area contributed by atoms with Crippen LogP contribution < -0.4 is 4.90 Å². The summed E-state index contributed by atoms with van der Waals surface area (Å²) in [4.78, 5) is 47.8. The van der Waals surface area contributed by atoms with E-state index in [1.165, 1.54) is 17.4 Å². The summed E-state index contributed by atoms with van der Waals surface area (Å²) < 4.78 is 39.3. The van der Waals surface area contributed by atoms with Crippen LogP contribution in [0.4, 0.5) is 18.9 Å². The Morgan fingerprint density at radius 2 is 1.57 bits per heavy atom. The Labute approximate surface area is 234 Å². The maximum atomic E-state index is 13.1. The molecule has 2 saturated heterocycles. The summed E-state index contributed by atoms with van der Waals surface area (Å²) in [5.74, 6) is -2.03. The summed E-state index contributed by atoms with van der Waals surface area (Å²) in [5.41, 5.74) is 0.175. The van der Waals surface area contributed by atoms with E-state index in [-0.39, 0.29) is 17.7 Å². The second-order valence-electron chi connectivity index (χ2n) is 10.8. The number of benzene rings is 1. The molecule has 1 N–H and O–H groups in total. The minimum absolute atomic E-state index is 0.0511. The molecule has 0 bridgehead atoms. The molecule has 1 saturated carbocycles. The second kappa shape index (κ2) is 11.8. The fourth-order valence-corrected chi connectivity index (χ4v) is 7.05. The van der Waals surface area contributed by atoms with Crippen LogP contribution in [0.25, 0.3) is 0 Å². The number of likely N-dealkylation sites (tertiary alicyclic amines) is 1. The van der Waals surface area contributed by atoms with Crippen LogP contribution in [0.3, 0.4) is 0 Å². The maximum Gasteiger partial charge on any atom is 0.416 e. The van der Waals surface area contributed by atoms with Crippen molar-refractivity contribution in [1.29, 1.82) is 0 Å². The van der Waals surface area contributed by atoms with Gasteiger partial charge >= 0.3 is 12.1 Å². The van der Waals surface area contributed by atoms with Crippen molar-refractivity contribution in [3.63, 3.8) is 0 Å². The molecule has 3 heterocycles. The minimum atomic E-state index is -4.40. The van der Waals surface area contributed by atoms with Crippen LogP contribution in [0.5, 0.6) is 0 Å². The number of hydrogen-bond donors (Lipinski definition) is 1. The third-order valence-electron chi connectivity index (χ3n) is 8.40. The molecule has 0 radical (unpaired) electrons. The quantitative estimate of drug-likeness (QED) is 0.552. The van der Waals surface area contributed by atoms with E-state index in [2.05, 4.69) is 4.98 Å². The third-order valence-corrected chi connectivity index (χ3v) is 9.41. The first-order chi connectivity index (χ1) is 19.1. The van der Waals surface area contributed by atoms with Gasteiger partial charge in [-0.05, 0) is 43.9 Å². The van der Waals surface area contributed by atoms with Crippen molar-refractivity contribution in [2.75, 3.05) is 44.2 Å². The van der Waals surface area contributed by atoms with E-state index in [0.717, 1.165) is 30.0 Å². The number of nitrogens with zero attached hydrogens (tertiary/aromatic N) is 4. The van der Waals surface area contributed by atoms with Crippen LogP contribution in [-0.2, 0) is 15.8 Å². The molecule has 8 nitrogen and oxygen atoms in total. The number of carboxylic acids is 1. The van der Waals surface area contributed by atoms with Gasteiger partial charge in [-0.15, -0.1) is 11.3 Å². The fraction of sp³-hybridized carbons (Fsp3) is 0.571. The second-order valence-corrected chi connectivity index (χ2v) is 11.7. The summed E-state index contributed by atoms with van der Waals surface area (Å²) in [6.45, 7) is 2.74. The van der Waals surface area contributed by atoms with Crippen LogP contribution in [0.2, 0.25) is 0 Å². The SMILES string of the molecule is O=C(O)C1CCCCC1C(=O)N1CCC(c2nc(C(=O)N3CCN(c4cccc(C(F)(F)F)c4)CC3)cs2)CC1. The number of carbonyl (C=O) groups is 3. The Kier molecular flexibility index (Phi) is 8.34. The Morgan fingerprint density at radius 3 is 2.23 bits per heavy atom. The summed E-state index contributed by atoms with van der Waals surface area (Å²) in [7, 11) is 0. The van der Waals surface area contributed by atoms with Crippen LogP contribution >= 0.6 is 11.3 Å². The maximum absolute atomic E-state index is 13.1. The summed E-state index contributed by atoms with van der Waals surface area (Å²) in [6.07, 6.45) is -0.0618. The lowest BCUT2D eigenvalue weighted by Gasteiger charge is -2.36. The molecule has 1 aromatic heterocycles. The molecular formula is C28H33F3N4O4S. The van der Waals surface area contributed by atoms with Crippen molar-refractivity contribution in [1.82, 2.24) is 14.8 Å². The van der Waals surface area contributed by atoms with Gasteiger partial charge < -0.3 is 19.8 Å². The van der Waals surface area contributed by atoms with Crippen molar-refractivity contribution in [2.24, 2.45) is 11.8 Å². The first-order valence-corrected chi connectivity index (χ1v) is 14.7. The minimum Gasteiger partial charge on any atom is -0.481 e. The van der Waals surface area contributed by atoms with E-state index >= 15 is 0 Å². The molecule has 0 spiro atoms. The summed E-state index contributed by atoms with van der Waals surface area (Å²) >= 11 is 1.43. The Bertz CT molecular complexity index is 1240. The predicted octanol–water partition coefficient (Wildman–Crippen LogP) is 4.72. The van der Waals surface area contributed by atoms with Crippen LogP contribution in [0.1, 0.15) is 65.5 Å². The lowest BCUT2D eigenvalue weighted by Crippen LogP contribution is -2.49. The smallest absolute Gasteiger partial charge is 0.416 e. The molecule has 12 heteroatoms. The zero-order chi connectivity index (χ0) is 28.4. The van der Waals surface area contributed by atoms with Crippen LogP contribution in [-0.4, -0.2) is 76.9 Å². The van der Waals surface area contributed by atoms with Crippen molar-refractivity contribution in [3.05, 3.63) is 45.9 Å². The number of piperazine rings is 1.